The van der Waals surface area contributed by atoms with Gasteiger partial charge < -0.3 is 10.1 Å². The molecule has 3 heteroatoms. The number of hydrogen-bond donors (Lipinski definition) is 1. The molecule has 19 heavy (non-hydrogen) atoms. The van der Waals surface area contributed by atoms with Crippen molar-refractivity contribution in [2.75, 3.05) is 13.7 Å². The molecule has 1 saturated carbocycles. The molecular formula is C16H22FNO. The first kappa shape index (κ1) is 12.9. The first-order valence-electron chi connectivity index (χ1n) is 7.34. The topological polar surface area (TPSA) is 21.3 Å². The summed E-state index contributed by atoms with van der Waals surface area (Å²) in [7, 11) is 1.57. The lowest BCUT2D eigenvalue weighted by atomic mass is 9.90. The van der Waals surface area contributed by atoms with Crippen molar-refractivity contribution >= 4 is 0 Å². The lowest BCUT2D eigenvalue weighted by Gasteiger charge is -2.18. The Bertz CT molecular complexity index is 442. The van der Waals surface area contributed by atoms with Gasteiger partial charge in [-0.05, 0) is 36.8 Å². The zero-order chi connectivity index (χ0) is 13.2. The number of benzene rings is 1. The molecule has 1 aliphatic carbocycles. The summed E-state index contributed by atoms with van der Waals surface area (Å²) in [5.74, 6) is 1.60. The molecule has 2 fully saturated rings. The third kappa shape index (κ3) is 2.62. The first-order valence-corrected chi connectivity index (χ1v) is 7.34. The summed E-state index contributed by atoms with van der Waals surface area (Å²) in [4.78, 5) is 0. The van der Waals surface area contributed by atoms with Gasteiger partial charge in [0.1, 0.15) is 11.6 Å². The zero-order valence-corrected chi connectivity index (χ0v) is 11.5. The van der Waals surface area contributed by atoms with Gasteiger partial charge in [0.25, 0.3) is 0 Å². The quantitative estimate of drug-likeness (QED) is 0.901. The van der Waals surface area contributed by atoms with Crippen LogP contribution in [0.15, 0.2) is 18.2 Å². The molecule has 0 radical (unpaired) electrons. The Morgan fingerprint density at radius 3 is 2.74 bits per heavy atom. The van der Waals surface area contributed by atoms with Gasteiger partial charge in [0.2, 0.25) is 0 Å². The Labute approximate surface area is 114 Å². The lowest BCUT2D eigenvalue weighted by molar-refractivity contribution is 0.395. The molecule has 3 rings (SSSR count). The molecule has 2 atom stereocenters. The van der Waals surface area contributed by atoms with Crippen LogP contribution >= 0.6 is 0 Å². The monoisotopic (exact) mass is 263 g/mol. The Kier molecular flexibility index (Phi) is 3.74. The predicted octanol–water partition coefficient (Wildman–Crippen LogP) is 3.47. The van der Waals surface area contributed by atoms with Crippen molar-refractivity contribution in [2.24, 2.45) is 5.92 Å². The van der Waals surface area contributed by atoms with Crippen LogP contribution in [0.5, 0.6) is 5.75 Å². The Balaban J connectivity index is 1.70. The maximum Gasteiger partial charge on any atom is 0.130 e. The normalized spacial score (nSPS) is 27.9. The fourth-order valence-electron chi connectivity index (χ4n) is 3.69. The first-order chi connectivity index (χ1) is 9.28. The molecule has 0 aromatic heterocycles. The average molecular weight is 263 g/mol. The van der Waals surface area contributed by atoms with Crippen LogP contribution in [0.1, 0.15) is 43.6 Å². The summed E-state index contributed by atoms with van der Waals surface area (Å²) in [6.07, 6.45) is 6.49. The largest absolute Gasteiger partial charge is 0.497 e. The van der Waals surface area contributed by atoms with Crippen LogP contribution < -0.4 is 10.1 Å². The van der Waals surface area contributed by atoms with Gasteiger partial charge in [-0.2, -0.15) is 0 Å². The highest BCUT2D eigenvalue weighted by molar-refractivity contribution is 5.32. The Hall–Kier alpha value is -1.09. The van der Waals surface area contributed by atoms with E-state index in [4.69, 9.17) is 4.74 Å². The number of methoxy groups -OCH3 is 1. The highest BCUT2D eigenvalue weighted by Crippen LogP contribution is 2.37. The molecule has 1 N–H and O–H groups in total. The van der Waals surface area contributed by atoms with Crippen LogP contribution in [0.2, 0.25) is 0 Å². The Morgan fingerprint density at radius 1 is 1.26 bits per heavy atom. The highest BCUT2D eigenvalue weighted by atomic mass is 19.1. The standard InChI is InChI=1S/C16H22FNO/c1-19-13-6-7-14(15(17)9-13)12-8-16(18-10-12)11-4-2-3-5-11/h6-7,9,11-12,16,18H,2-5,8,10H2,1H3. The lowest BCUT2D eigenvalue weighted by Crippen LogP contribution is -2.28. The van der Waals surface area contributed by atoms with Crippen LogP contribution in [0.4, 0.5) is 4.39 Å². The number of halogens is 1. The van der Waals surface area contributed by atoms with Crippen molar-refractivity contribution in [3.8, 4) is 5.75 Å². The van der Waals surface area contributed by atoms with Crippen LogP contribution in [0.3, 0.4) is 0 Å². The van der Waals surface area contributed by atoms with E-state index in [2.05, 4.69) is 5.32 Å². The van der Waals surface area contributed by atoms with Crippen LogP contribution in [0.25, 0.3) is 0 Å². The second-order valence-electron chi connectivity index (χ2n) is 5.88. The van der Waals surface area contributed by atoms with E-state index in [0.29, 0.717) is 17.7 Å². The minimum Gasteiger partial charge on any atom is -0.497 e. The van der Waals surface area contributed by atoms with E-state index in [0.717, 1.165) is 24.4 Å². The maximum absolute atomic E-state index is 14.1. The van der Waals surface area contributed by atoms with Gasteiger partial charge in [-0.3, -0.25) is 0 Å². The maximum atomic E-state index is 14.1. The average Bonchev–Trinajstić information content (AvgIpc) is 3.09. The third-order valence-corrected chi connectivity index (χ3v) is 4.78. The minimum atomic E-state index is -0.127. The van der Waals surface area contributed by atoms with E-state index in [1.54, 1.807) is 7.11 Å². The van der Waals surface area contributed by atoms with Crippen molar-refractivity contribution in [1.82, 2.24) is 5.32 Å². The van der Waals surface area contributed by atoms with Crippen molar-refractivity contribution in [1.29, 1.82) is 0 Å². The van der Waals surface area contributed by atoms with Gasteiger partial charge in [-0.15, -0.1) is 0 Å². The fourth-order valence-corrected chi connectivity index (χ4v) is 3.69. The molecule has 2 nitrogen and oxygen atoms in total. The smallest absolute Gasteiger partial charge is 0.130 e. The molecule has 1 aliphatic heterocycles. The fraction of sp³-hybridized carbons (Fsp3) is 0.625. The zero-order valence-electron chi connectivity index (χ0n) is 11.5. The van der Waals surface area contributed by atoms with Gasteiger partial charge in [0, 0.05) is 24.6 Å². The number of rotatable bonds is 3. The predicted molar refractivity (Wildman–Crippen MR) is 74.1 cm³/mol. The molecule has 2 unspecified atom stereocenters. The molecule has 1 saturated heterocycles. The summed E-state index contributed by atoms with van der Waals surface area (Å²) in [6.45, 7) is 0.907. The molecule has 2 aliphatic rings. The van der Waals surface area contributed by atoms with Crippen LogP contribution in [-0.4, -0.2) is 19.7 Å². The molecular weight excluding hydrogens is 241 g/mol. The number of hydrogen-bond acceptors (Lipinski definition) is 2. The summed E-state index contributed by atoms with van der Waals surface area (Å²) in [6, 6.07) is 5.84. The van der Waals surface area contributed by atoms with Gasteiger partial charge in [-0.1, -0.05) is 18.9 Å². The number of nitrogens with one attached hydrogen (secondary N) is 1. The van der Waals surface area contributed by atoms with E-state index in [1.807, 2.05) is 12.1 Å². The second kappa shape index (κ2) is 5.49. The SMILES string of the molecule is COc1ccc(C2CNC(C3CCCC3)C2)c(F)c1. The molecule has 0 amide bonds. The van der Waals surface area contributed by atoms with Crippen molar-refractivity contribution < 1.29 is 9.13 Å². The summed E-state index contributed by atoms with van der Waals surface area (Å²) in [5.41, 5.74) is 0.841. The van der Waals surface area contributed by atoms with E-state index in [-0.39, 0.29) is 5.82 Å². The number of ether oxygens (including phenoxy) is 1. The van der Waals surface area contributed by atoms with Crippen molar-refractivity contribution in [2.45, 2.75) is 44.1 Å². The van der Waals surface area contributed by atoms with Gasteiger partial charge in [0.15, 0.2) is 0 Å². The van der Waals surface area contributed by atoms with E-state index in [9.17, 15) is 4.39 Å². The third-order valence-electron chi connectivity index (χ3n) is 4.78. The van der Waals surface area contributed by atoms with Gasteiger partial charge in [0.05, 0.1) is 7.11 Å². The summed E-state index contributed by atoms with van der Waals surface area (Å²) in [5, 5.41) is 3.61. The van der Waals surface area contributed by atoms with E-state index < -0.39 is 0 Å². The van der Waals surface area contributed by atoms with Gasteiger partial charge in [-0.25, -0.2) is 4.39 Å². The van der Waals surface area contributed by atoms with Crippen LogP contribution in [0, 0.1) is 11.7 Å². The molecule has 1 aromatic carbocycles. The molecule has 104 valence electrons. The van der Waals surface area contributed by atoms with E-state index >= 15 is 0 Å². The second-order valence-corrected chi connectivity index (χ2v) is 5.88. The highest BCUT2D eigenvalue weighted by Gasteiger charge is 2.33. The summed E-state index contributed by atoms with van der Waals surface area (Å²) >= 11 is 0. The molecule has 1 aromatic rings. The molecule has 1 heterocycles. The van der Waals surface area contributed by atoms with Crippen LogP contribution in [-0.2, 0) is 0 Å². The Morgan fingerprint density at radius 2 is 2.05 bits per heavy atom. The van der Waals surface area contributed by atoms with Crippen molar-refractivity contribution in [3.63, 3.8) is 0 Å². The summed E-state index contributed by atoms with van der Waals surface area (Å²) < 4.78 is 19.1. The molecule has 0 spiro atoms. The van der Waals surface area contributed by atoms with Gasteiger partial charge >= 0.3 is 0 Å². The minimum absolute atomic E-state index is 0.127. The van der Waals surface area contributed by atoms with E-state index in [1.165, 1.54) is 31.7 Å². The molecule has 0 bridgehead atoms. The van der Waals surface area contributed by atoms with Crippen molar-refractivity contribution in [3.05, 3.63) is 29.6 Å².